The number of rotatable bonds is 3. The average molecular weight is 438 g/mol. The number of fused-ring (bicyclic) bond motifs is 2. The number of carbonyl (C=O) groups is 1. The smallest absolute Gasteiger partial charge is 0.286 e. The number of Topliss-reactive ketones (excluding diaryl/α,β-unsaturated/α-hetero) is 1. The van der Waals surface area contributed by atoms with Gasteiger partial charge in [0.25, 0.3) is 10.0 Å². The van der Waals surface area contributed by atoms with Crippen molar-refractivity contribution in [2.45, 2.75) is 42.9 Å². The van der Waals surface area contributed by atoms with Gasteiger partial charge in [0.2, 0.25) is 0 Å². The summed E-state index contributed by atoms with van der Waals surface area (Å²) in [5.74, 6) is -0.311. The minimum atomic E-state index is -4.09. The van der Waals surface area contributed by atoms with Crippen LogP contribution in [0.3, 0.4) is 0 Å². The largest absolute Gasteiger partial charge is 0.506 e. The number of nitrogens with two attached hydrogens (primary N) is 1. The van der Waals surface area contributed by atoms with Gasteiger partial charge in [0.15, 0.2) is 11.6 Å². The van der Waals surface area contributed by atoms with Gasteiger partial charge in [0, 0.05) is 11.3 Å². The van der Waals surface area contributed by atoms with Gasteiger partial charge in [-0.05, 0) is 43.0 Å². The summed E-state index contributed by atoms with van der Waals surface area (Å²) >= 11 is 0. The Kier molecular flexibility index (Phi) is 4.27. The highest BCUT2D eigenvalue weighted by Gasteiger charge is 2.48. The number of hydrogen-bond acceptors (Lipinski definition) is 6. The van der Waals surface area contributed by atoms with Gasteiger partial charge < -0.3 is 16.2 Å². The molecule has 0 aromatic heterocycles. The summed E-state index contributed by atoms with van der Waals surface area (Å²) in [4.78, 5) is 13.8. The maximum Gasteiger partial charge on any atom is 0.286 e. The van der Waals surface area contributed by atoms with Crippen LogP contribution in [0.1, 0.15) is 43.7 Å². The molecule has 1 atom stereocenters. The van der Waals surface area contributed by atoms with Crippen LogP contribution < -0.4 is 11.1 Å². The van der Waals surface area contributed by atoms with Crippen LogP contribution in [0.4, 0.5) is 11.4 Å². The quantitative estimate of drug-likeness (QED) is 0.628. The van der Waals surface area contributed by atoms with Crippen LogP contribution in [0.15, 0.2) is 57.3 Å². The van der Waals surface area contributed by atoms with E-state index in [0.29, 0.717) is 23.6 Å². The zero-order valence-electron chi connectivity index (χ0n) is 17.1. The molecule has 5 rings (SSSR count). The Hall–Kier alpha value is -3.13. The second-order valence-electron chi connectivity index (χ2n) is 8.73. The van der Waals surface area contributed by atoms with E-state index in [4.69, 9.17) is 5.73 Å². The van der Waals surface area contributed by atoms with Crippen molar-refractivity contribution < 1.29 is 18.3 Å². The normalized spacial score (nSPS) is 24.5. The summed E-state index contributed by atoms with van der Waals surface area (Å²) < 4.78 is 29.5. The molecule has 2 aliphatic carbocycles. The molecule has 1 unspecified atom stereocenters. The monoisotopic (exact) mass is 437 g/mol. The first kappa shape index (κ1) is 19.8. The molecule has 0 saturated heterocycles. The van der Waals surface area contributed by atoms with Crippen molar-refractivity contribution in [1.82, 2.24) is 0 Å². The highest BCUT2D eigenvalue weighted by atomic mass is 32.2. The summed E-state index contributed by atoms with van der Waals surface area (Å²) in [5, 5.41) is 14.0. The first-order chi connectivity index (χ1) is 14.7. The first-order valence-electron chi connectivity index (χ1n) is 10.3. The standard InChI is InChI=1S/C23H23N3O4S/c1-23(12-13-5-4-6-13)16-8-3-2-7-15(16)20(27)19(21(23)28)22-25-17-10-9-14(24)11-18(17)31(29,30)26-22/h2-3,7-11,13,27H,4-6,12,24H2,1H3,(H,25,26). The molecule has 160 valence electrons. The van der Waals surface area contributed by atoms with Crippen LogP contribution in [0.25, 0.3) is 5.76 Å². The van der Waals surface area contributed by atoms with Crippen molar-refractivity contribution in [1.29, 1.82) is 0 Å². The topological polar surface area (TPSA) is 122 Å². The molecule has 1 fully saturated rings. The number of sulfonamides is 1. The third-order valence-electron chi connectivity index (χ3n) is 6.65. The molecule has 1 saturated carbocycles. The third-order valence-corrected chi connectivity index (χ3v) is 7.96. The van der Waals surface area contributed by atoms with Gasteiger partial charge in [-0.1, -0.05) is 43.5 Å². The van der Waals surface area contributed by atoms with E-state index in [9.17, 15) is 18.3 Å². The van der Waals surface area contributed by atoms with Crippen molar-refractivity contribution in [3.63, 3.8) is 0 Å². The Morgan fingerprint density at radius 1 is 1.23 bits per heavy atom. The molecule has 0 bridgehead atoms. The number of nitrogens with one attached hydrogen (secondary N) is 1. The van der Waals surface area contributed by atoms with Crippen molar-refractivity contribution >= 4 is 38.8 Å². The van der Waals surface area contributed by atoms with E-state index in [0.717, 1.165) is 24.8 Å². The molecule has 2 aromatic rings. The second kappa shape index (κ2) is 6.68. The molecule has 0 radical (unpaired) electrons. The van der Waals surface area contributed by atoms with Crippen molar-refractivity contribution in [2.75, 3.05) is 11.1 Å². The second-order valence-corrected chi connectivity index (χ2v) is 10.3. The molecule has 1 heterocycles. The lowest BCUT2D eigenvalue weighted by molar-refractivity contribution is -0.121. The Morgan fingerprint density at radius 3 is 2.68 bits per heavy atom. The van der Waals surface area contributed by atoms with E-state index in [1.165, 1.54) is 12.1 Å². The Balaban J connectivity index is 1.68. The zero-order valence-corrected chi connectivity index (χ0v) is 17.9. The molecule has 8 heteroatoms. The number of ketones is 1. The number of aliphatic hydroxyl groups is 1. The molecule has 7 nitrogen and oxygen atoms in total. The van der Waals surface area contributed by atoms with Crippen LogP contribution in [0, 0.1) is 5.92 Å². The van der Waals surface area contributed by atoms with Gasteiger partial charge in [-0.25, -0.2) is 0 Å². The summed E-state index contributed by atoms with van der Waals surface area (Å²) in [6, 6.07) is 11.7. The van der Waals surface area contributed by atoms with Gasteiger partial charge in [0.05, 0.1) is 11.1 Å². The number of nitrogens with zero attached hydrogens (tertiary/aromatic N) is 1. The lowest BCUT2D eigenvalue weighted by atomic mass is 9.63. The maximum atomic E-state index is 13.8. The van der Waals surface area contributed by atoms with Crippen molar-refractivity contribution in [2.24, 2.45) is 10.3 Å². The lowest BCUT2D eigenvalue weighted by Crippen LogP contribution is -2.44. The molecule has 31 heavy (non-hydrogen) atoms. The van der Waals surface area contributed by atoms with E-state index < -0.39 is 15.4 Å². The molecule has 4 N–H and O–H groups in total. The van der Waals surface area contributed by atoms with Crippen LogP contribution in [0.5, 0.6) is 0 Å². The van der Waals surface area contributed by atoms with Crippen molar-refractivity contribution in [3.05, 3.63) is 59.2 Å². The molecule has 0 spiro atoms. The lowest BCUT2D eigenvalue weighted by Gasteiger charge is -2.40. The molecule has 2 aromatic carbocycles. The molecule has 1 aliphatic heterocycles. The van der Waals surface area contributed by atoms with E-state index in [1.54, 1.807) is 18.2 Å². The SMILES string of the molecule is CC1(CC2CCC2)C(=O)C(C2=NS(=O)(=O)c3cc(N)ccc3N2)=C(O)c2ccccc21. The number of amidine groups is 1. The third kappa shape index (κ3) is 2.96. The minimum absolute atomic E-state index is 0.0581. The van der Waals surface area contributed by atoms with Crippen LogP contribution in [0.2, 0.25) is 0 Å². The van der Waals surface area contributed by atoms with Crippen LogP contribution >= 0.6 is 0 Å². The number of nitrogen functional groups attached to an aromatic ring is 1. The fraction of sp³-hybridized carbons (Fsp3) is 0.304. The fourth-order valence-electron chi connectivity index (χ4n) is 4.79. The number of hydrogen-bond donors (Lipinski definition) is 3. The van der Waals surface area contributed by atoms with Gasteiger partial charge in [-0.3, -0.25) is 4.79 Å². The maximum absolute atomic E-state index is 13.8. The fourth-order valence-corrected chi connectivity index (χ4v) is 5.95. The molecular weight excluding hydrogens is 414 g/mol. The summed E-state index contributed by atoms with van der Waals surface area (Å²) in [6.07, 6.45) is 3.93. The molecular formula is C23H23N3O4S. The number of anilines is 2. The Morgan fingerprint density at radius 2 is 1.97 bits per heavy atom. The highest BCUT2D eigenvalue weighted by Crippen LogP contribution is 2.47. The molecule has 3 aliphatic rings. The number of carbonyl (C=O) groups excluding carboxylic acids is 1. The highest BCUT2D eigenvalue weighted by molar-refractivity contribution is 7.90. The Labute approximate surface area is 180 Å². The van der Waals surface area contributed by atoms with E-state index in [1.807, 2.05) is 19.1 Å². The van der Waals surface area contributed by atoms with Crippen molar-refractivity contribution in [3.8, 4) is 0 Å². The van der Waals surface area contributed by atoms with Gasteiger partial charge >= 0.3 is 0 Å². The summed E-state index contributed by atoms with van der Waals surface area (Å²) in [6.45, 7) is 1.88. The minimum Gasteiger partial charge on any atom is -0.506 e. The zero-order chi connectivity index (χ0) is 22.0. The average Bonchev–Trinajstić information content (AvgIpc) is 2.70. The van der Waals surface area contributed by atoms with Gasteiger partial charge in [-0.2, -0.15) is 8.42 Å². The van der Waals surface area contributed by atoms with Crippen LogP contribution in [-0.2, 0) is 20.2 Å². The van der Waals surface area contributed by atoms with E-state index >= 15 is 0 Å². The summed E-state index contributed by atoms with van der Waals surface area (Å²) in [5.41, 5.74) is 6.62. The van der Waals surface area contributed by atoms with E-state index in [2.05, 4.69) is 9.71 Å². The van der Waals surface area contributed by atoms with E-state index in [-0.39, 0.29) is 33.5 Å². The number of aliphatic hydroxyl groups excluding tert-OH is 1. The van der Waals surface area contributed by atoms with Crippen LogP contribution in [-0.4, -0.2) is 25.1 Å². The van der Waals surface area contributed by atoms with Gasteiger partial charge in [0.1, 0.15) is 16.2 Å². The first-order valence-corrected chi connectivity index (χ1v) is 11.7. The summed E-state index contributed by atoms with van der Waals surface area (Å²) in [7, 11) is -4.09. The Bertz CT molecular complexity index is 1290. The van der Waals surface area contributed by atoms with Gasteiger partial charge in [-0.15, -0.1) is 4.40 Å². The predicted molar refractivity (Wildman–Crippen MR) is 119 cm³/mol. The predicted octanol–water partition coefficient (Wildman–Crippen LogP) is 3.78. The number of benzene rings is 2. The molecule has 0 amide bonds.